The Kier molecular flexibility index (Phi) is 8.82. The third kappa shape index (κ3) is 6.46. The molecule has 0 radical (unpaired) electrons. The van der Waals surface area contributed by atoms with Gasteiger partial charge >= 0.3 is 0 Å². The maximum absolute atomic E-state index is 10.7. The molecule has 2 rings (SSSR count). The Morgan fingerprint density at radius 3 is 2.62 bits per heavy atom. The zero-order valence-electron chi connectivity index (χ0n) is 14.1. The van der Waals surface area contributed by atoms with Crippen LogP contribution >= 0.6 is 35.7 Å². The van der Waals surface area contributed by atoms with Gasteiger partial charge in [-0.1, -0.05) is 12.1 Å². The third-order valence-electron chi connectivity index (χ3n) is 3.84. The molecule has 0 amide bonds. The number of nitro benzene ring substituents is 1. The number of benzene rings is 1. The Balaban J connectivity index is 0.00000288. The monoisotopic (exact) mass is 464 g/mol. The van der Waals surface area contributed by atoms with Crippen molar-refractivity contribution in [1.29, 1.82) is 0 Å². The molecule has 1 aliphatic heterocycles. The number of nitro groups is 1. The molecule has 0 aromatic heterocycles. The van der Waals surface area contributed by atoms with Crippen LogP contribution in [0.5, 0.6) is 0 Å². The Morgan fingerprint density at radius 2 is 2.08 bits per heavy atom. The molecule has 1 aromatic carbocycles. The zero-order valence-corrected chi connectivity index (χ0v) is 17.2. The molecule has 1 aromatic rings. The summed E-state index contributed by atoms with van der Waals surface area (Å²) in [6.45, 7) is 6.52. The SMILES string of the molecule is CCNC(=NCc1ccc([N+](=O)[O-])cc1)NCC1(C)CCCS1.I. The molecule has 24 heavy (non-hydrogen) atoms. The van der Waals surface area contributed by atoms with Crippen LogP contribution < -0.4 is 10.6 Å². The molecule has 8 heteroatoms. The normalized spacial score (nSPS) is 20.3. The molecule has 1 atom stereocenters. The average molecular weight is 464 g/mol. The van der Waals surface area contributed by atoms with Crippen molar-refractivity contribution in [3.63, 3.8) is 0 Å². The summed E-state index contributed by atoms with van der Waals surface area (Å²) in [4.78, 5) is 14.8. The van der Waals surface area contributed by atoms with Crippen LogP contribution in [0.4, 0.5) is 5.69 Å². The number of halogens is 1. The first-order valence-electron chi connectivity index (χ1n) is 7.92. The van der Waals surface area contributed by atoms with Crippen LogP contribution in [0, 0.1) is 10.1 Å². The van der Waals surface area contributed by atoms with Crippen molar-refractivity contribution in [1.82, 2.24) is 10.6 Å². The largest absolute Gasteiger partial charge is 0.357 e. The average Bonchev–Trinajstić information content (AvgIpc) is 2.97. The molecule has 0 aliphatic carbocycles. The lowest BCUT2D eigenvalue weighted by Gasteiger charge is -2.24. The minimum absolute atomic E-state index is 0. The van der Waals surface area contributed by atoms with Crippen molar-refractivity contribution in [3.8, 4) is 0 Å². The fraction of sp³-hybridized carbons (Fsp3) is 0.562. The molecule has 1 saturated heterocycles. The second-order valence-electron chi connectivity index (χ2n) is 5.87. The van der Waals surface area contributed by atoms with Gasteiger partial charge in [0.15, 0.2) is 5.96 Å². The zero-order chi connectivity index (χ0) is 16.7. The van der Waals surface area contributed by atoms with Gasteiger partial charge in [0.05, 0.1) is 11.5 Å². The van der Waals surface area contributed by atoms with E-state index in [1.165, 1.54) is 30.7 Å². The van der Waals surface area contributed by atoms with Gasteiger partial charge in [-0.2, -0.15) is 11.8 Å². The molecule has 0 bridgehead atoms. The molecular weight excluding hydrogens is 439 g/mol. The summed E-state index contributed by atoms with van der Waals surface area (Å²) in [7, 11) is 0. The summed E-state index contributed by atoms with van der Waals surface area (Å²) in [5.74, 6) is 2.02. The first-order chi connectivity index (χ1) is 11.0. The topological polar surface area (TPSA) is 79.6 Å². The lowest BCUT2D eigenvalue weighted by Crippen LogP contribution is -2.43. The molecule has 0 spiro atoms. The second kappa shape index (κ2) is 10.1. The lowest BCUT2D eigenvalue weighted by molar-refractivity contribution is -0.384. The number of non-ortho nitro benzene ring substituents is 1. The first-order valence-corrected chi connectivity index (χ1v) is 8.90. The number of hydrogen-bond acceptors (Lipinski definition) is 4. The number of nitrogens with one attached hydrogen (secondary N) is 2. The molecule has 1 aliphatic rings. The van der Waals surface area contributed by atoms with E-state index < -0.39 is 4.92 Å². The molecule has 134 valence electrons. The highest BCUT2D eigenvalue weighted by atomic mass is 127. The Hall–Kier alpha value is -1.03. The minimum Gasteiger partial charge on any atom is -0.357 e. The quantitative estimate of drug-likeness (QED) is 0.221. The van der Waals surface area contributed by atoms with Gasteiger partial charge in [-0.15, -0.1) is 24.0 Å². The molecule has 0 saturated carbocycles. The molecule has 1 heterocycles. The van der Waals surface area contributed by atoms with E-state index in [1.807, 2.05) is 18.7 Å². The summed E-state index contributed by atoms with van der Waals surface area (Å²) in [5.41, 5.74) is 1.06. The van der Waals surface area contributed by atoms with Crippen LogP contribution in [-0.2, 0) is 6.54 Å². The predicted molar refractivity (Wildman–Crippen MR) is 111 cm³/mol. The number of aliphatic imine (C=N–C) groups is 1. The van der Waals surface area contributed by atoms with Gasteiger partial charge < -0.3 is 10.6 Å². The van der Waals surface area contributed by atoms with E-state index in [2.05, 4.69) is 22.5 Å². The summed E-state index contributed by atoms with van der Waals surface area (Å²) < 4.78 is 0.281. The standard InChI is InChI=1S/C16H24N4O2S.HI/c1-3-17-15(19-12-16(2)9-4-10-23-16)18-11-13-5-7-14(8-6-13)20(21)22;/h5-8H,3-4,9-12H2,1-2H3,(H2,17,18,19);1H. The van der Waals surface area contributed by atoms with E-state index in [0.717, 1.165) is 24.6 Å². The predicted octanol–water partition coefficient (Wildman–Crippen LogP) is 3.55. The maximum Gasteiger partial charge on any atom is 0.269 e. The van der Waals surface area contributed by atoms with Crippen LogP contribution in [-0.4, -0.2) is 34.5 Å². The lowest BCUT2D eigenvalue weighted by atomic mass is 10.1. The summed E-state index contributed by atoms with van der Waals surface area (Å²) in [6.07, 6.45) is 2.51. The number of nitrogens with zero attached hydrogens (tertiary/aromatic N) is 2. The van der Waals surface area contributed by atoms with Gasteiger partial charge in [0.25, 0.3) is 5.69 Å². The molecule has 1 fully saturated rings. The second-order valence-corrected chi connectivity index (χ2v) is 7.56. The Labute approximate surface area is 164 Å². The van der Waals surface area contributed by atoms with Crippen LogP contribution in [0.1, 0.15) is 32.3 Å². The summed E-state index contributed by atoms with van der Waals surface area (Å²) >= 11 is 2.01. The van der Waals surface area contributed by atoms with Gasteiger partial charge in [0.2, 0.25) is 0 Å². The Bertz CT molecular complexity index is 560. The molecule has 2 N–H and O–H groups in total. The van der Waals surface area contributed by atoms with Crippen molar-refractivity contribution >= 4 is 47.4 Å². The van der Waals surface area contributed by atoms with Crippen LogP contribution in [0.15, 0.2) is 29.3 Å². The number of guanidine groups is 1. The number of rotatable bonds is 6. The van der Waals surface area contributed by atoms with Gasteiger partial charge in [0, 0.05) is 30.0 Å². The van der Waals surface area contributed by atoms with E-state index in [0.29, 0.717) is 6.54 Å². The molecule has 6 nitrogen and oxygen atoms in total. The Morgan fingerprint density at radius 1 is 1.38 bits per heavy atom. The van der Waals surface area contributed by atoms with E-state index in [-0.39, 0.29) is 34.4 Å². The minimum atomic E-state index is -0.390. The van der Waals surface area contributed by atoms with Gasteiger partial charge in [0.1, 0.15) is 0 Å². The van der Waals surface area contributed by atoms with Crippen LogP contribution in [0.2, 0.25) is 0 Å². The number of hydrogen-bond donors (Lipinski definition) is 2. The molecule has 1 unspecified atom stereocenters. The number of thioether (sulfide) groups is 1. The van der Waals surface area contributed by atoms with Crippen molar-refractivity contribution in [3.05, 3.63) is 39.9 Å². The van der Waals surface area contributed by atoms with Crippen LogP contribution in [0.25, 0.3) is 0 Å². The van der Waals surface area contributed by atoms with Crippen LogP contribution in [0.3, 0.4) is 0 Å². The van der Waals surface area contributed by atoms with E-state index in [1.54, 1.807) is 12.1 Å². The van der Waals surface area contributed by atoms with Gasteiger partial charge in [-0.25, -0.2) is 4.99 Å². The highest BCUT2D eigenvalue weighted by Crippen LogP contribution is 2.36. The third-order valence-corrected chi connectivity index (χ3v) is 5.38. The smallest absolute Gasteiger partial charge is 0.269 e. The molecular formula is C16H25IN4O2S. The summed E-state index contributed by atoms with van der Waals surface area (Å²) in [5, 5.41) is 17.3. The highest BCUT2D eigenvalue weighted by Gasteiger charge is 2.29. The van der Waals surface area contributed by atoms with E-state index >= 15 is 0 Å². The van der Waals surface area contributed by atoms with Gasteiger partial charge in [-0.05, 0) is 38.0 Å². The fourth-order valence-corrected chi connectivity index (χ4v) is 3.73. The van der Waals surface area contributed by atoms with Crippen molar-refractivity contribution in [2.45, 2.75) is 38.0 Å². The fourth-order valence-electron chi connectivity index (χ4n) is 2.48. The maximum atomic E-state index is 10.7. The van der Waals surface area contributed by atoms with E-state index in [4.69, 9.17) is 0 Å². The van der Waals surface area contributed by atoms with Crippen molar-refractivity contribution in [2.24, 2.45) is 4.99 Å². The highest BCUT2D eigenvalue weighted by molar-refractivity contribution is 14.0. The van der Waals surface area contributed by atoms with Crippen molar-refractivity contribution < 1.29 is 4.92 Å². The van der Waals surface area contributed by atoms with Gasteiger partial charge in [-0.3, -0.25) is 10.1 Å². The summed E-state index contributed by atoms with van der Waals surface area (Å²) in [6, 6.07) is 6.53. The van der Waals surface area contributed by atoms with Crippen molar-refractivity contribution in [2.75, 3.05) is 18.8 Å². The first kappa shape index (κ1) is 21.0. The van der Waals surface area contributed by atoms with E-state index in [9.17, 15) is 10.1 Å².